The van der Waals surface area contributed by atoms with Gasteiger partial charge in [0.05, 0.1) is 5.71 Å². The molecule has 1 N–H and O–H groups in total. The van der Waals surface area contributed by atoms with Crippen molar-refractivity contribution in [2.24, 2.45) is 5.16 Å². The van der Waals surface area contributed by atoms with Crippen LogP contribution in [0, 0.1) is 0 Å². The minimum atomic E-state index is -0.180. The molecule has 0 atom stereocenters. The molecule has 6 nitrogen and oxygen atoms in total. The first-order chi connectivity index (χ1) is 12.7. The van der Waals surface area contributed by atoms with Gasteiger partial charge in [-0.25, -0.2) is 0 Å². The summed E-state index contributed by atoms with van der Waals surface area (Å²) in [6.07, 6.45) is 1.82. The predicted octanol–water partition coefficient (Wildman–Crippen LogP) is 2.90. The van der Waals surface area contributed by atoms with Gasteiger partial charge in [0.2, 0.25) is 6.79 Å². The highest BCUT2D eigenvalue weighted by Gasteiger charge is 2.14. The second-order valence-electron chi connectivity index (χ2n) is 5.96. The molecule has 0 saturated carbocycles. The molecular weight excluding hydrogens is 332 g/mol. The number of nitrogens with one attached hydrogen (secondary N) is 1. The summed E-state index contributed by atoms with van der Waals surface area (Å²) in [5.74, 6) is 1.23. The van der Waals surface area contributed by atoms with Gasteiger partial charge in [0.15, 0.2) is 18.1 Å². The molecule has 0 spiro atoms. The molecule has 0 radical (unpaired) electrons. The van der Waals surface area contributed by atoms with Gasteiger partial charge in [-0.3, -0.25) is 4.79 Å². The van der Waals surface area contributed by atoms with Crippen LogP contribution in [0.5, 0.6) is 11.5 Å². The second-order valence-corrected chi connectivity index (χ2v) is 5.96. The molecule has 0 aromatic heterocycles. The van der Waals surface area contributed by atoms with Crippen LogP contribution in [-0.4, -0.2) is 31.6 Å². The molecule has 1 amide bonds. The van der Waals surface area contributed by atoms with Gasteiger partial charge in [0.1, 0.15) is 0 Å². The van der Waals surface area contributed by atoms with E-state index in [2.05, 4.69) is 22.6 Å². The Morgan fingerprint density at radius 2 is 1.96 bits per heavy atom. The molecule has 136 valence electrons. The standard InChI is InChI=1S/C20H22N2O4/c1-15(17-9-10-18-19(12-17)25-14-24-18)22-26-13-20(23)21-11-5-8-16-6-3-2-4-7-16/h2-4,6-7,9-10,12H,5,8,11,13-14H2,1H3,(H,21,23)/b22-15+. The van der Waals surface area contributed by atoms with Gasteiger partial charge in [0, 0.05) is 12.1 Å². The zero-order valence-electron chi connectivity index (χ0n) is 14.7. The summed E-state index contributed by atoms with van der Waals surface area (Å²) in [5.41, 5.74) is 2.79. The fourth-order valence-corrected chi connectivity index (χ4v) is 2.58. The van der Waals surface area contributed by atoms with Gasteiger partial charge >= 0.3 is 0 Å². The number of hydrogen-bond acceptors (Lipinski definition) is 5. The third-order valence-corrected chi connectivity index (χ3v) is 3.99. The Kier molecular flexibility index (Phi) is 6.09. The molecule has 2 aromatic rings. The van der Waals surface area contributed by atoms with Crippen LogP contribution in [0.15, 0.2) is 53.7 Å². The Labute approximate surface area is 152 Å². The zero-order valence-corrected chi connectivity index (χ0v) is 14.7. The molecule has 1 heterocycles. The van der Waals surface area contributed by atoms with Gasteiger partial charge in [-0.2, -0.15) is 0 Å². The highest BCUT2D eigenvalue weighted by atomic mass is 16.7. The van der Waals surface area contributed by atoms with E-state index < -0.39 is 0 Å². The Hall–Kier alpha value is -3.02. The molecule has 0 bridgehead atoms. The number of oxime groups is 1. The van der Waals surface area contributed by atoms with Gasteiger partial charge in [-0.05, 0) is 43.5 Å². The second kappa shape index (κ2) is 8.89. The lowest BCUT2D eigenvalue weighted by atomic mass is 10.1. The van der Waals surface area contributed by atoms with Crippen molar-refractivity contribution >= 4 is 11.6 Å². The SMILES string of the molecule is C/C(=N\OCC(=O)NCCCc1ccccc1)c1ccc2c(c1)OCO2. The number of nitrogens with zero attached hydrogens (tertiary/aromatic N) is 1. The third-order valence-electron chi connectivity index (χ3n) is 3.99. The van der Waals surface area contributed by atoms with Crippen molar-refractivity contribution in [3.8, 4) is 11.5 Å². The van der Waals surface area contributed by atoms with Crippen molar-refractivity contribution in [2.75, 3.05) is 19.9 Å². The molecule has 0 unspecified atom stereocenters. The highest BCUT2D eigenvalue weighted by Crippen LogP contribution is 2.32. The van der Waals surface area contributed by atoms with Crippen molar-refractivity contribution in [1.82, 2.24) is 5.32 Å². The third kappa shape index (κ3) is 4.99. The van der Waals surface area contributed by atoms with Crippen molar-refractivity contribution in [3.63, 3.8) is 0 Å². The molecule has 1 aliphatic heterocycles. The first kappa shape index (κ1) is 17.8. The Morgan fingerprint density at radius 3 is 2.81 bits per heavy atom. The number of amides is 1. The van der Waals surface area contributed by atoms with Gasteiger partial charge in [0.25, 0.3) is 5.91 Å². The molecule has 0 aliphatic carbocycles. The van der Waals surface area contributed by atoms with Crippen molar-refractivity contribution in [3.05, 3.63) is 59.7 Å². The van der Waals surface area contributed by atoms with E-state index in [1.165, 1.54) is 5.56 Å². The van der Waals surface area contributed by atoms with Crippen LogP contribution < -0.4 is 14.8 Å². The van der Waals surface area contributed by atoms with E-state index in [1.807, 2.05) is 43.3 Å². The Balaban J connectivity index is 1.36. The van der Waals surface area contributed by atoms with Crippen LogP contribution in [0.3, 0.4) is 0 Å². The molecule has 3 rings (SSSR count). The summed E-state index contributed by atoms with van der Waals surface area (Å²) in [4.78, 5) is 16.9. The van der Waals surface area contributed by atoms with Crippen LogP contribution in [0.1, 0.15) is 24.5 Å². The predicted molar refractivity (Wildman–Crippen MR) is 98.5 cm³/mol. The maximum Gasteiger partial charge on any atom is 0.260 e. The van der Waals surface area contributed by atoms with E-state index in [1.54, 1.807) is 0 Å². The lowest BCUT2D eigenvalue weighted by Crippen LogP contribution is -2.28. The monoisotopic (exact) mass is 354 g/mol. The van der Waals surface area contributed by atoms with Crippen molar-refractivity contribution < 1.29 is 19.1 Å². The van der Waals surface area contributed by atoms with Crippen LogP contribution in [0.25, 0.3) is 0 Å². The molecule has 0 fully saturated rings. The van der Waals surface area contributed by atoms with E-state index in [0.717, 1.165) is 24.2 Å². The summed E-state index contributed by atoms with van der Waals surface area (Å²) in [6, 6.07) is 15.7. The lowest BCUT2D eigenvalue weighted by Gasteiger charge is -2.06. The first-order valence-corrected chi connectivity index (χ1v) is 8.59. The number of carbonyl (C=O) groups is 1. The van der Waals surface area contributed by atoms with Crippen LogP contribution in [0.2, 0.25) is 0 Å². The lowest BCUT2D eigenvalue weighted by molar-refractivity contribution is -0.125. The minimum absolute atomic E-state index is 0.104. The smallest absolute Gasteiger partial charge is 0.260 e. The molecule has 1 aliphatic rings. The Morgan fingerprint density at radius 1 is 1.15 bits per heavy atom. The van der Waals surface area contributed by atoms with Crippen LogP contribution in [0.4, 0.5) is 0 Å². The highest BCUT2D eigenvalue weighted by molar-refractivity contribution is 5.99. The van der Waals surface area contributed by atoms with Crippen molar-refractivity contribution in [2.45, 2.75) is 19.8 Å². The van der Waals surface area contributed by atoms with E-state index in [-0.39, 0.29) is 19.3 Å². The van der Waals surface area contributed by atoms with Crippen LogP contribution >= 0.6 is 0 Å². The summed E-state index contributed by atoms with van der Waals surface area (Å²) < 4.78 is 10.6. The molecule has 2 aromatic carbocycles. The maximum atomic E-state index is 11.8. The van der Waals surface area contributed by atoms with E-state index in [9.17, 15) is 4.79 Å². The van der Waals surface area contributed by atoms with Gasteiger partial charge < -0.3 is 19.6 Å². The number of hydrogen-bond donors (Lipinski definition) is 1. The average molecular weight is 354 g/mol. The Bertz CT molecular complexity index is 775. The molecule has 26 heavy (non-hydrogen) atoms. The number of rotatable bonds is 8. The van der Waals surface area contributed by atoms with Gasteiger partial charge in [-0.1, -0.05) is 35.5 Å². The zero-order chi connectivity index (χ0) is 18.2. The molecular formula is C20H22N2O4. The summed E-state index contributed by atoms with van der Waals surface area (Å²) in [6.45, 7) is 2.56. The van der Waals surface area contributed by atoms with Crippen molar-refractivity contribution in [1.29, 1.82) is 0 Å². The number of ether oxygens (including phenoxy) is 2. The minimum Gasteiger partial charge on any atom is -0.454 e. The topological polar surface area (TPSA) is 69.2 Å². The quantitative estimate of drug-likeness (QED) is 0.450. The number of aryl methyl sites for hydroxylation is 1. The van der Waals surface area contributed by atoms with Crippen LogP contribution in [-0.2, 0) is 16.1 Å². The van der Waals surface area contributed by atoms with E-state index in [4.69, 9.17) is 14.3 Å². The normalized spacial score (nSPS) is 12.7. The average Bonchev–Trinajstić information content (AvgIpc) is 3.14. The number of benzene rings is 2. The van der Waals surface area contributed by atoms with E-state index in [0.29, 0.717) is 18.0 Å². The summed E-state index contributed by atoms with van der Waals surface area (Å²) in [5, 5.41) is 6.83. The molecule has 6 heteroatoms. The summed E-state index contributed by atoms with van der Waals surface area (Å²) >= 11 is 0. The fraction of sp³-hybridized carbons (Fsp3) is 0.300. The fourth-order valence-electron chi connectivity index (χ4n) is 2.58. The largest absolute Gasteiger partial charge is 0.454 e. The number of carbonyl (C=O) groups excluding carboxylic acids is 1. The van der Waals surface area contributed by atoms with Gasteiger partial charge in [-0.15, -0.1) is 0 Å². The van der Waals surface area contributed by atoms with E-state index >= 15 is 0 Å². The summed E-state index contributed by atoms with van der Waals surface area (Å²) in [7, 11) is 0. The molecule has 0 saturated heterocycles. The number of fused-ring (bicyclic) bond motifs is 1. The first-order valence-electron chi connectivity index (χ1n) is 8.59. The maximum absolute atomic E-state index is 11.8.